The van der Waals surface area contributed by atoms with Gasteiger partial charge in [-0.15, -0.1) is 0 Å². The Balaban J connectivity index is 1.76. The van der Waals surface area contributed by atoms with Gasteiger partial charge in [0.2, 0.25) is 0 Å². The molecule has 0 saturated carbocycles. The molecule has 0 aliphatic carbocycles. The maximum atomic E-state index is 12.6. The van der Waals surface area contributed by atoms with Gasteiger partial charge in [-0.1, -0.05) is 29.8 Å². The summed E-state index contributed by atoms with van der Waals surface area (Å²) in [5.74, 6) is 0.294. The lowest BCUT2D eigenvalue weighted by atomic mass is 10.0. The van der Waals surface area contributed by atoms with E-state index in [-0.39, 0.29) is 12.5 Å². The topological polar surface area (TPSA) is 64.8 Å². The minimum atomic E-state index is -1.91. The molecule has 6 heteroatoms. The number of ether oxygens (including phenoxy) is 2. The van der Waals surface area contributed by atoms with E-state index < -0.39 is 6.56 Å². The summed E-state index contributed by atoms with van der Waals surface area (Å²) in [5.41, 5.74) is 7.53. The molecular weight excluding hydrogens is 340 g/mol. The fraction of sp³-hybridized carbons (Fsp3) is 0.316. The molecule has 5 nitrogen and oxygen atoms in total. The van der Waals surface area contributed by atoms with Gasteiger partial charge in [-0.25, -0.2) is 0 Å². The summed E-state index contributed by atoms with van der Waals surface area (Å²) >= 11 is 6.36. The van der Waals surface area contributed by atoms with Gasteiger partial charge in [0.05, 0.1) is 26.5 Å². The highest BCUT2D eigenvalue weighted by Gasteiger charge is 2.20. The Morgan fingerprint density at radius 1 is 1.20 bits per heavy atom. The Kier molecular flexibility index (Phi) is 5.07. The van der Waals surface area contributed by atoms with Crippen LogP contribution in [0.15, 0.2) is 42.5 Å². The van der Waals surface area contributed by atoms with E-state index in [4.69, 9.17) is 29.5 Å². The molecule has 3 rings (SSSR count). The molecule has 0 spiro atoms. The van der Waals surface area contributed by atoms with Crippen molar-refractivity contribution in [2.75, 3.05) is 39.4 Å². The fourth-order valence-electron chi connectivity index (χ4n) is 2.65. The van der Waals surface area contributed by atoms with Crippen LogP contribution in [-0.4, -0.2) is 50.2 Å². The Morgan fingerprint density at radius 3 is 2.52 bits per heavy atom. The van der Waals surface area contributed by atoms with E-state index in [0.29, 0.717) is 42.6 Å². The predicted octanol–water partition coefficient (Wildman–Crippen LogP) is 2.82. The van der Waals surface area contributed by atoms with Crippen LogP contribution in [0.3, 0.4) is 0 Å². The highest BCUT2D eigenvalue weighted by Crippen LogP contribution is 2.28. The molecule has 2 aromatic rings. The Labute approximate surface area is 155 Å². The standard InChI is InChI=1S/C19H21ClN2O3/c20-18-13-15(14-1-4-16(5-2-14)25-10-7-21)3-6-17(18)19(23)22-8-11-24-12-9-22/h1-6,13H,7-12,21H2/i10D2. The molecule has 2 aromatic carbocycles. The molecular formula is C19H21ClN2O3. The average molecular weight is 363 g/mol. The first kappa shape index (κ1) is 15.2. The second kappa shape index (κ2) is 8.34. The van der Waals surface area contributed by atoms with Crippen molar-refractivity contribution in [1.29, 1.82) is 0 Å². The van der Waals surface area contributed by atoms with Gasteiger partial charge in [-0.05, 0) is 35.4 Å². The molecule has 25 heavy (non-hydrogen) atoms. The van der Waals surface area contributed by atoms with Gasteiger partial charge in [0.15, 0.2) is 0 Å². The van der Waals surface area contributed by atoms with Crippen molar-refractivity contribution >= 4 is 17.5 Å². The molecule has 1 aliphatic heterocycles. The first-order valence-electron chi connectivity index (χ1n) is 9.06. The van der Waals surface area contributed by atoms with E-state index in [1.807, 2.05) is 6.07 Å². The van der Waals surface area contributed by atoms with Crippen molar-refractivity contribution in [2.45, 2.75) is 0 Å². The maximum Gasteiger partial charge on any atom is 0.255 e. The van der Waals surface area contributed by atoms with Crippen LogP contribution in [0, 0.1) is 0 Å². The van der Waals surface area contributed by atoms with E-state index >= 15 is 0 Å². The minimum Gasteiger partial charge on any atom is -0.492 e. The SMILES string of the molecule is [2H]C([2H])(CN)Oc1ccc(-c2ccc(C(=O)N3CCOCC3)c(Cl)c2)cc1. The van der Waals surface area contributed by atoms with Crippen molar-refractivity contribution in [3.05, 3.63) is 53.1 Å². The molecule has 0 unspecified atom stereocenters. The summed E-state index contributed by atoms with van der Waals surface area (Å²) in [7, 11) is 0. The van der Waals surface area contributed by atoms with E-state index in [0.717, 1.165) is 11.1 Å². The second-order valence-electron chi connectivity index (χ2n) is 5.57. The van der Waals surface area contributed by atoms with Crippen LogP contribution in [-0.2, 0) is 4.74 Å². The maximum absolute atomic E-state index is 12.6. The zero-order valence-electron chi connectivity index (χ0n) is 15.7. The van der Waals surface area contributed by atoms with Gasteiger partial charge in [-0.3, -0.25) is 4.79 Å². The van der Waals surface area contributed by atoms with E-state index in [1.165, 1.54) is 0 Å². The van der Waals surface area contributed by atoms with Gasteiger partial charge in [0.25, 0.3) is 5.91 Å². The van der Waals surface area contributed by atoms with Crippen molar-refractivity contribution in [3.8, 4) is 16.9 Å². The molecule has 132 valence electrons. The van der Waals surface area contributed by atoms with Crippen LogP contribution in [0.4, 0.5) is 0 Å². The normalized spacial score (nSPS) is 16.2. The Morgan fingerprint density at radius 2 is 1.88 bits per heavy atom. The van der Waals surface area contributed by atoms with E-state index in [1.54, 1.807) is 41.3 Å². The van der Waals surface area contributed by atoms with Gasteiger partial charge in [-0.2, -0.15) is 0 Å². The molecule has 1 heterocycles. The first-order valence-corrected chi connectivity index (χ1v) is 8.43. The number of nitrogens with zero attached hydrogens (tertiary/aromatic N) is 1. The fourth-order valence-corrected chi connectivity index (χ4v) is 2.91. The lowest BCUT2D eigenvalue weighted by Gasteiger charge is -2.27. The molecule has 0 atom stereocenters. The van der Waals surface area contributed by atoms with Gasteiger partial charge in [0.1, 0.15) is 12.3 Å². The third-order valence-corrected chi connectivity index (χ3v) is 4.27. The van der Waals surface area contributed by atoms with Crippen molar-refractivity contribution < 1.29 is 17.0 Å². The van der Waals surface area contributed by atoms with Crippen LogP contribution in [0.5, 0.6) is 5.75 Å². The third-order valence-electron chi connectivity index (χ3n) is 3.96. The number of hydrogen-bond donors (Lipinski definition) is 1. The molecule has 0 radical (unpaired) electrons. The molecule has 0 bridgehead atoms. The number of benzene rings is 2. The summed E-state index contributed by atoms with van der Waals surface area (Å²) in [4.78, 5) is 14.3. The molecule has 1 aliphatic rings. The Hall–Kier alpha value is -2.08. The zero-order valence-corrected chi connectivity index (χ0v) is 14.5. The predicted molar refractivity (Wildman–Crippen MR) is 98.2 cm³/mol. The van der Waals surface area contributed by atoms with Crippen molar-refractivity contribution in [1.82, 2.24) is 4.90 Å². The van der Waals surface area contributed by atoms with Gasteiger partial charge in [0, 0.05) is 19.6 Å². The largest absolute Gasteiger partial charge is 0.492 e. The number of morpholine rings is 1. The molecule has 1 fully saturated rings. The van der Waals surface area contributed by atoms with E-state index in [2.05, 4.69) is 0 Å². The number of amides is 1. The lowest BCUT2D eigenvalue weighted by Crippen LogP contribution is -2.40. The quantitative estimate of drug-likeness (QED) is 0.888. The summed E-state index contributed by atoms with van der Waals surface area (Å²) in [6, 6.07) is 12.3. The number of carbonyl (C=O) groups is 1. The summed E-state index contributed by atoms with van der Waals surface area (Å²) in [6.07, 6.45) is 0. The molecule has 1 amide bonds. The summed E-state index contributed by atoms with van der Waals surface area (Å²) < 4.78 is 25.6. The van der Waals surface area contributed by atoms with Crippen molar-refractivity contribution in [3.63, 3.8) is 0 Å². The molecule has 0 aromatic heterocycles. The smallest absolute Gasteiger partial charge is 0.255 e. The van der Waals surface area contributed by atoms with Gasteiger partial charge < -0.3 is 20.1 Å². The van der Waals surface area contributed by atoms with Crippen LogP contribution >= 0.6 is 11.6 Å². The average Bonchev–Trinajstić information content (AvgIpc) is 2.68. The summed E-state index contributed by atoms with van der Waals surface area (Å²) in [6.45, 7) is 0.0640. The Bertz CT molecular complexity index is 809. The number of rotatable bonds is 5. The van der Waals surface area contributed by atoms with E-state index in [9.17, 15) is 4.79 Å². The summed E-state index contributed by atoms with van der Waals surface area (Å²) in [5, 5.41) is 0.392. The van der Waals surface area contributed by atoms with Crippen LogP contribution in [0.2, 0.25) is 5.02 Å². The molecule has 2 N–H and O–H groups in total. The lowest BCUT2D eigenvalue weighted by molar-refractivity contribution is 0.0303. The number of carbonyl (C=O) groups excluding carboxylic acids is 1. The second-order valence-corrected chi connectivity index (χ2v) is 5.98. The minimum absolute atomic E-state index is 0.0948. The highest BCUT2D eigenvalue weighted by molar-refractivity contribution is 6.34. The third kappa shape index (κ3) is 4.31. The number of halogens is 1. The van der Waals surface area contributed by atoms with Gasteiger partial charge >= 0.3 is 0 Å². The van der Waals surface area contributed by atoms with Crippen LogP contribution in [0.1, 0.15) is 13.1 Å². The van der Waals surface area contributed by atoms with Crippen LogP contribution in [0.25, 0.3) is 11.1 Å². The monoisotopic (exact) mass is 362 g/mol. The number of hydrogen-bond acceptors (Lipinski definition) is 4. The van der Waals surface area contributed by atoms with Crippen LogP contribution < -0.4 is 10.5 Å². The van der Waals surface area contributed by atoms with Crippen molar-refractivity contribution in [2.24, 2.45) is 5.73 Å². The molecule has 1 saturated heterocycles. The first-order chi connectivity index (χ1) is 12.9. The number of nitrogens with two attached hydrogens (primary N) is 1. The zero-order chi connectivity index (χ0) is 19.4. The highest BCUT2D eigenvalue weighted by atomic mass is 35.5.